The van der Waals surface area contributed by atoms with Crippen LogP contribution in [0.3, 0.4) is 0 Å². The molecule has 0 aliphatic heterocycles. The number of imidazole rings is 1. The van der Waals surface area contributed by atoms with Crippen LogP contribution in [0.25, 0.3) is 11.0 Å². The van der Waals surface area contributed by atoms with Crippen LogP contribution in [0.15, 0.2) is 42.5 Å². The van der Waals surface area contributed by atoms with Gasteiger partial charge in [0.05, 0.1) is 7.05 Å². The Hall–Kier alpha value is -2.33. The van der Waals surface area contributed by atoms with Crippen molar-refractivity contribution in [2.24, 2.45) is 7.05 Å². The molecule has 0 bridgehead atoms. The van der Waals surface area contributed by atoms with E-state index in [0.717, 1.165) is 33.7 Å². The van der Waals surface area contributed by atoms with E-state index in [2.05, 4.69) is 28.2 Å². The van der Waals surface area contributed by atoms with Crippen molar-refractivity contribution in [3.8, 4) is 5.75 Å². The van der Waals surface area contributed by atoms with Crippen molar-refractivity contribution in [2.75, 3.05) is 6.61 Å². The summed E-state index contributed by atoms with van der Waals surface area (Å²) in [6.45, 7) is 6.91. The van der Waals surface area contributed by atoms with Crippen LogP contribution in [-0.4, -0.2) is 22.4 Å². The molecule has 126 valence electrons. The van der Waals surface area contributed by atoms with Crippen molar-refractivity contribution in [1.82, 2.24) is 4.57 Å². The van der Waals surface area contributed by atoms with Gasteiger partial charge in [-0.05, 0) is 37.1 Å². The van der Waals surface area contributed by atoms with Gasteiger partial charge in [-0.2, -0.15) is 0 Å². The number of benzene rings is 2. The molecule has 1 heterocycles. The summed E-state index contributed by atoms with van der Waals surface area (Å²) < 4.78 is 10.2. The van der Waals surface area contributed by atoms with Crippen LogP contribution in [-0.2, 0) is 13.6 Å². The molecular formula is C20H25N2O2+. The first-order valence-electron chi connectivity index (χ1n) is 8.30. The van der Waals surface area contributed by atoms with Gasteiger partial charge < -0.3 is 9.84 Å². The minimum absolute atomic E-state index is 0.279. The van der Waals surface area contributed by atoms with Crippen LogP contribution in [0.4, 0.5) is 0 Å². The molecule has 0 spiro atoms. The van der Waals surface area contributed by atoms with Crippen LogP contribution in [0.2, 0.25) is 0 Å². The van der Waals surface area contributed by atoms with Gasteiger partial charge in [0.1, 0.15) is 25.0 Å². The van der Waals surface area contributed by atoms with Gasteiger partial charge in [-0.25, -0.2) is 9.13 Å². The molecule has 0 unspecified atom stereocenters. The van der Waals surface area contributed by atoms with Gasteiger partial charge in [-0.3, -0.25) is 0 Å². The molecule has 0 radical (unpaired) electrons. The minimum Gasteiger partial charge on any atom is -0.490 e. The van der Waals surface area contributed by atoms with Gasteiger partial charge in [0, 0.05) is 6.92 Å². The standard InChI is InChI=1S/C20H25N2O2/c1-14-8-7-9-15(2)20(14)24-13-17(23)12-22-16(3)21(4)18-10-5-6-11-19(18)22/h5-11,17,23H,12-13H2,1-4H3/q+1/t17-/m1/s1. The van der Waals surface area contributed by atoms with Gasteiger partial charge in [0.25, 0.3) is 5.82 Å². The highest BCUT2D eigenvalue weighted by atomic mass is 16.5. The number of aromatic nitrogens is 2. The Morgan fingerprint density at radius 2 is 1.71 bits per heavy atom. The van der Waals surface area contributed by atoms with Crippen molar-refractivity contribution in [2.45, 2.75) is 33.4 Å². The lowest BCUT2D eigenvalue weighted by atomic mass is 10.1. The zero-order valence-corrected chi connectivity index (χ0v) is 14.8. The summed E-state index contributed by atoms with van der Waals surface area (Å²) in [5, 5.41) is 10.5. The van der Waals surface area contributed by atoms with Crippen molar-refractivity contribution in [3.05, 3.63) is 59.4 Å². The lowest BCUT2D eigenvalue weighted by Gasteiger charge is -2.15. The first-order valence-corrected chi connectivity index (χ1v) is 8.30. The average Bonchev–Trinajstić information content (AvgIpc) is 2.80. The third kappa shape index (κ3) is 3.02. The lowest BCUT2D eigenvalue weighted by molar-refractivity contribution is -0.652. The second-order valence-electron chi connectivity index (χ2n) is 6.39. The molecular weight excluding hydrogens is 300 g/mol. The number of ether oxygens (including phenoxy) is 1. The number of aryl methyl sites for hydroxylation is 3. The number of aliphatic hydroxyl groups is 1. The van der Waals surface area contributed by atoms with Gasteiger partial charge in [-0.1, -0.05) is 30.3 Å². The second kappa shape index (κ2) is 6.65. The number of rotatable bonds is 5. The normalized spacial score (nSPS) is 12.5. The Morgan fingerprint density at radius 1 is 1.04 bits per heavy atom. The number of nitrogens with zero attached hydrogens (tertiary/aromatic N) is 2. The Morgan fingerprint density at radius 3 is 2.42 bits per heavy atom. The van der Waals surface area contributed by atoms with E-state index in [-0.39, 0.29) is 6.61 Å². The minimum atomic E-state index is -0.571. The molecule has 24 heavy (non-hydrogen) atoms. The third-order valence-corrected chi connectivity index (χ3v) is 4.63. The molecule has 0 saturated heterocycles. The smallest absolute Gasteiger partial charge is 0.254 e. The maximum absolute atomic E-state index is 10.5. The van der Waals surface area contributed by atoms with Crippen LogP contribution < -0.4 is 9.30 Å². The van der Waals surface area contributed by atoms with Crippen LogP contribution in [0, 0.1) is 20.8 Å². The topological polar surface area (TPSA) is 38.3 Å². The first-order chi connectivity index (χ1) is 11.5. The number of hydrogen-bond acceptors (Lipinski definition) is 2. The molecule has 3 aromatic rings. The van der Waals surface area contributed by atoms with Crippen LogP contribution in [0.5, 0.6) is 5.75 Å². The molecule has 4 nitrogen and oxygen atoms in total. The Kier molecular flexibility index (Phi) is 4.58. The summed E-state index contributed by atoms with van der Waals surface area (Å²) in [6, 6.07) is 14.3. The summed E-state index contributed by atoms with van der Waals surface area (Å²) in [4.78, 5) is 0. The fourth-order valence-electron chi connectivity index (χ4n) is 3.21. The highest BCUT2D eigenvalue weighted by molar-refractivity contribution is 5.72. The number of para-hydroxylation sites is 3. The van der Waals surface area contributed by atoms with E-state index in [0.29, 0.717) is 6.54 Å². The van der Waals surface area contributed by atoms with Crippen molar-refractivity contribution >= 4 is 11.0 Å². The Bertz CT molecular complexity index is 847. The predicted octanol–water partition coefficient (Wildman–Crippen LogP) is 2.83. The monoisotopic (exact) mass is 325 g/mol. The zero-order valence-electron chi connectivity index (χ0n) is 14.8. The molecule has 4 heteroatoms. The molecule has 1 atom stereocenters. The van der Waals surface area contributed by atoms with Gasteiger partial charge in [0.15, 0.2) is 11.0 Å². The SMILES string of the molecule is Cc1cccc(C)c1OC[C@H](O)Cn1c(C)[n+](C)c2ccccc21. The van der Waals surface area contributed by atoms with E-state index in [9.17, 15) is 5.11 Å². The average molecular weight is 325 g/mol. The summed E-state index contributed by atoms with van der Waals surface area (Å²) in [6.07, 6.45) is -0.571. The molecule has 2 aromatic carbocycles. The number of hydrogen-bond donors (Lipinski definition) is 1. The van der Waals surface area contributed by atoms with Crippen molar-refractivity contribution < 1.29 is 14.4 Å². The van der Waals surface area contributed by atoms with Gasteiger partial charge in [-0.15, -0.1) is 0 Å². The molecule has 3 rings (SSSR count). The molecule has 0 aliphatic carbocycles. The summed E-state index contributed by atoms with van der Waals surface area (Å²) in [5.74, 6) is 1.98. The molecule has 0 amide bonds. The van der Waals surface area contributed by atoms with E-state index in [1.807, 2.05) is 51.2 Å². The maximum atomic E-state index is 10.5. The van der Waals surface area contributed by atoms with Crippen molar-refractivity contribution in [1.29, 1.82) is 0 Å². The third-order valence-electron chi connectivity index (χ3n) is 4.63. The number of aliphatic hydroxyl groups excluding tert-OH is 1. The summed E-state index contributed by atoms with van der Waals surface area (Å²) in [5.41, 5.74) is 4.48. The van der Waals surface area contributed by atoms with Crippen LogP contribution >= 0.6 is 0 Å². The molecule has 0 fully saturated rings. The predicted molar refractivity (Wildman–Crippen MR) is 95.3 cm³/mol. The fourth-order valence-corrected chi connectivity index (χ4v) is 3.21. The van der Waals surface area contributed by atoms with E-state index in [1.54, 1.807) is 0 Å². The Labute approximate surface area is 142 Å². The molecule has 0 aliphatic rings. The molecule has 0 saturated carbocycles. The zero-order chi connectivity index (χ0) is 17.3. The molecule has 1 aromatic heterocycles. The van der Waals surface area contributed by atoms with E-state index >= 15 is 0 Å². The van der Waals surface area contributed by atoms with E-state index in [1.165, 1.54) is 0 Å². The highest BCUT2D eigenvalue weighted by Crippen LogP contribution is 2.22. The largest absolute Gasteiger partial charge is 0.490 e. The van der Waals surface area contributed by atoms with Gasteiger partial charge >= 0.3 is 0 Å². The lowest BCUT2D eigenvalue weighted by Crippen LogP contribution is -2.32. The summed E-state index contributed by atoms with van der Waals surface area (Å²) >= 11 is 0. The summed E-state index contributed by atoms with van der Waals surface area (Å²) in [7, 11) is 2.05. The van der Waals surface area contributed by atoms with E-state index < -0.39 is 6.10 Å². The maximum Gasteiger partial charge on any atom is 0.254 e. The fraction of sp³-hybridized carbons (Fsp3) is 0.350. The Balaban J connectivity index is 1.76. The molecule has 1 N–H and O–H groups in total. The highest BCUT2D eigenvalue weighted by Gasteiger charge is 2.21. The first kappa shape index (κ1) is 16.5. The number of fused-ring (bicyclic) bond motifs is 1. The quantitative estimate of drug-likeness (QED) is 0.733. The second-order valence-corrected chi connectivity index (χ2v) is 6.39. The van der Waals surface area contributed by atoms with Gasteiger partial charge in [0.2, 0.25) is 0 Å². The van der Waals surface area contributed by atoms with Crippen LogP contribution in [0.1, 0.15) is 17.0 Å². The van der Waals surface area contributed by atoms with Crippen molar-refractivity contribution in [3.63, 3.8) is 0 Å². The van der Waals surface area contributed by atoms with E-state index in [4.69, 9.17) is 4.74 Å².